The second kappa shape index (κ2) is 52.3. The highest BCUT2D eigenvalue weighted by atomic mass is 16.5. The van der Waals surface area contributed by atoms with E-state index in [0.717, 1.165) is 87.4 Å². The first-order valence-corrected chi connectivity index (χ1v) is 34.7. The van der Waals surface area contributed by atoms with Gasteiger partial charge in [-0.25, -0.2) is 4.79 Å². The van der Waals surface area contributed by atoms with Crippen LogP contribution >= 0.6 is 0 Å². The van der Waals surface area contributed by atoms with E-state index in [4.69, 9.17) is 34.4 Å². The molecule has 0 radical (unpaired) electrons. The number of anilines is 2. The maximum Gasteiger partial charge on any atom is 0.373 e. The molecule has 512 valence electrons. The minimum Gasteiger partial charge on any atom is -0.465 e. The molecule has 13 heteroatoms. The third kappa shape index (κ3) is 41.1. The van der Waals surface area contributed by atoms with Gasteiger partial charge < -0.3 is 39.3 Å². The molecule has 0 spiro atoms. The summed E-state index contributed by atoms with van der Waals surface area (Å²) in [6.07, 6.45) is 16.3. The molecule has 0 aromatic heterocycles. The topological polar surface area (TPSA) is 153 Å². The van der Waals surface area contributed by atoms with Crippen LogP contribution in [0.3, 0.4) is 0 Å². The summed E-state index contributed by atoms with van der Waals surface area (Å²) in [6.45, 7) is 49.6. The number of esters is 1. The molecule has 0 saturated carbocycles. The van der Waals surface area contributed by atoms with Crippen LogP contribution in [0.4, 0.5) is 11.4 Å². The second-order valence-electron chi connectivity index (χ2n) is 27.7. The van der Waals surface area contributed by atoms with E-state index in [1.165, 1.54) is 140 Å². The molecule has 13 nitrogen and oxygen atoms in total. The highest BCUT2D eigenvalue weighted by molar-refractivity contribution is 5.89. The molecular formula is C76H134N4O9. The number of aliphatic hydroxyl groups is 3. The van der Waals surface area contributed by atoms with Crippen LogP contribution in [0.1, 0.15) is 197 Å². The molecule has 7 rings (SSSR count). The lowest BCUT2D eigenvalue weighted by Gasteiger charge is -2.36. The van der Waals surface area contributed by atoms with Crippen LogP contribution in [-0.4, -0.2) is 156 Å². The van der Waals surface area contributed by atoms with Crippen LogP contribution in [0, 0.1) is 58.7 Å². The van der Waals surface area contributed by atoms with Gasteiger partial charge in [0.15, 0.2) is 0 Å². The Morgan fingerprint density at radius 1 is 0.584 bits per heavy atom. The molecule has 4 aliphatic rings. The number of methoxy groups -OCH3 is 1. The molecular weight excluding hydrogens is 1110 g/mol. The predicted molar refractivity (Wildman–Crippen MR) is 374 cm³/mol. The van der Waals surface area contributed by atoms with Crippen molar-refractivity contribution in [3.8, 4) is 0 Å². The van der Waals surface area contributed by atoms with Gasteiger partial charge in [-0.2, -0.15) is 9.59 Å². The summed E-state index contributed by atoms with van der Waals surface area (Å²) >= 11 is 0. The third-order valence-electron chi connectivity index (χ3n) is 17.7. The van der Waals surface area contributed by atoms with Crippen LogP contribution in [0.25, 0.3) is 0 Å². The van der Waals surface area contributed by atoms with E-state index < -0.39 is 5.41 Å². The Kier molecular flexibility index (Phi) is 49.9. The van der Waals surface area contributed by atoms with Crippen LogP contribution in [0.5, 0.6) is 0 Å². The van der Waals surface area contributed by atoms with Gasteiger partial charge in [0, 0.05) is 88.4 Å². The Hall–Kier alpha value is -4.17. The van der Waals surface area contributed by atoms with Crippen LogP contribution < -0.4 is 9.80 Å². The fourth-order valence-electron chi connectivity index (χ4n) is 10.9. The average molecular weight is 1250 g/mol. The third-order valence-corrected chi connectivity index (χ3v) is 17.7. The smallest absolute Gasteiger partial charge is 0.373 e. The molecule has 1 atom stereocenters. The van der Waals surface area contributed by atoms with Gasteiger partial charge in [0.25, 0.3) is 0 Å². The number of carbonyl (C=O) groups excluding carboxylic acids is 3. The Morgan fingerprint density at radius 2 is 1.07 bits per heavy atom. The van der Waals surface area contributed by atoms with Crippen molar-refractivity contribution in [3.63, 3.8) is 0 Å². The number of piperidine rings is 1. The number of morpholine rings is 1. The highest BCUT2D eigenvalue weighted by Crippen LogP contribution is 2.28. The van der Waals surface area contributed by atoms with Crippen molar-refractivity contribution in [2.45, 2.75) is 194 Å². The molecule has 0 amide bonds. The van der Waals surface area contributed by atoms with Gasteiger partial charge in [-0.05, 0) is 167 Å². The van der Waals surface area contributed by atoms with Gasteiger partial charge in [-0.3, -0.25) is 9.80 Å². The van der Waals surface area contributed by atoms with Crippen molar-refractivity contribution in [1.82, 2.24) is 9.80 Å². The zero-order chi connectivity index (χ0) is 67.0. The first-order valence-electron chi connectivity index (χ1n) is 34.7. The zero-order valence-corrected chi connectivity index (χ0v) is 59.7. The summed E-state index contributed by atoms with van der Waals surface area (Å²) in [5, 5.41) is 26.5. The molecule has 0 aliphatic carbocycles. The number of para-hydroxylation sites is 2. The van der Waals surface area contributed by atoms with Gasteiger partial charge in [-0.15, -0.1) is 0 Å². The first-order chi connectivity index (χ1) is 42.5. The zero-order valence-electron chi connectivity index (χ0n) is 59.7. The largest absolute Gasteiger partial charge is 0.465 e. The summed E-state index contributed by atoms with van der Waals surface area (Å²) in [5.41, 5.74) is 3.88. The summed E-state index contributed by atoms with van der Waals surface area (Å²) in [7, 11) is 1.40. The van der Waals surface area contributed by atoms with Crippen molar-refractivity contribution in [3.05, 3.63) is 96.1 Å². The van der Waals surface area contributed by atoms with E-state index in [2.05, 4.69) is 182 Å². The number of hydrogen-bond acceptors (Lipinski definition) is 13. The molecule has 4 saturated heterocycles. The van der Waals surface area contributed by atoms with Gasteiger partial charge in [-0.1, -0.05) is 171 Å². The maximum absolute atomic E-state index is 11.2. The molecule has 1 unspecified atom stereocenters. The quantitative estimate of drug-likeness (QED) is 0.0819. The minimum atomic E-state index is -0.708. The van der Waals surface area contributed by atoms with Crippen LogP contribution in [0.15, 0.2) is 84.9 Å². The van der Waals surface area contributed by atoms with Crippen LogP contribution in [-0.2, 0) is 30.2 Å². The minimum absolute atomic E-state index is 0.0903. The lowest BCUT2D eigenvalue weighted by Crippen LogP contribution is -2.46. The molecule has 4 heterocycles. The van der Waals surface area contributed by atoms with Crippen molar-refractivity contribution < 1.29 is 43.9 Å². The van der Waals surface area contributed by atoms with Gasteiger partial charge in [0.1, 0.15) is 0 Å². The summed E-state index contributed by atoms with van der Waals surface area (Å²) in [6, 6.07) is 29.9. The molecule has 89 heavy (non-hydrogen) atoms. The number of aliphatic hydroxyl groups excluding tert-OH is 3. The van der Waals surface area contributed by atoms with Crippen molar-refractivity contribution in [1.29, 1.82) is 0 Å². The fraction of sp³-hybridized carbons (Fsp3) is 0.737. The van der Waals surface area contributed by atoms with E-state index >= 15 is 0 Å². The molecule has 4 fully saturated rings. The highest BCUT2D eigenvalue weighted by Gasteiger charge is 2.31. The number of carbonyl (C=O) groups is 1. The average Bonchev–Trinajstić information content (AvgIpc) is 3.74. The number of nitrogens with zero attached hydrogens (tertiary/aromatic N) is 4. The van der Waals surface area contributed by atoms with Gasteiger partial charge >= 0.3 is 12.1 Å². The van der Waals surface area contributed by atoms with E-state index in [1.807, 2.05) is 32.0 Å². The first kappa shape index (κ1) is 84.8. The SMILES string of the molecule is CC(C)C(CO)(CO)CO.CC(C)CC1CCOCC1.CC(C)CCCC1CCN(c2ccccc2)CC1.CC(C)CCCN1CCN(c2ccccc2)CC1.CC(C)N1CCOCC1.CCC(C)C(C)C.COC(=O)c1cccc(CC(C)C)c1.O=C=O. The number of hydrogen-bond donors (Lipinski definition) is 3. The maximum atomic E-state index is 11.2. The summed E-state index contributed by atoms with van der Waals surface area (Å²) in [5.74, 6) is 6.70. The number of piperazine rings is 1. The van der Waals surface area contributed by atoms with Crippen molar-refractivity contribution >= 4 is 23.5 Å². The lowest BCUT2D eigenvalue weighted by molar-refractivity contribution is -0.191. The predicted octanol–water partition coefficient (Wildman–Crippen LogP) is 15.5. The standard InChI is InChI=1S/C17H27N.C16H26N2.C12H16O2.C9H18O.C7H15NO.C7H16O3.C7H16.CO2/c1-15(2)7-6-8-16-11-13-18(14-12-16)17-9-4-3-5-10-17;1-15(2)7-6-10-17-11-13-18(14-12-17)16-8-4-3-5-9-16;1-9(2)7-10-5-4-6-11(8-10)12(13)14-3;1-8(2)7-9-3-5-10-6-4-9;1-7(2)8-3-5-9-6-4-8;1-6(2)7(3-8,4-9)5-10;1-5-7(4)6(2)3;2-1-3/h3-5,9-10,15-16H,6-8,11-14H2,1-2H3;3-5,8-9,15H,6-7,10-14H2,1-2H3;4-6,8-9H,7H2,1-3H3;8-9H,3-7H2,1-2H3;7H,3-6H2,1-2H3;6,8-10H,3-5H2,1-2H3;6-7H,5H2,1-4H3;. The number of rotatable bonds is 22. The monoisotopic (exact) mass is 1250 g/mol. The van der Waals surface area contributed by atoms with E-state index in [9.17, 15) is 4.79 Å². The summed E-state index contributed by atoms with van der Waals surface area (Å²) in [4.78, 5) is 37.6. The van der Waals surface area contributed by atoms with E-state index in [0.29, 0.717) is 17.5 Å². The Morgan fingerprint density at radius 3 is 1.45 bits per heavy atom. The molecule has 0 bridgehead atoms. The number of benzene rings is 3. The second-order valence-corrected chi connectivity index (χ2v) is 27.7. The summed E-state index contributed by atoms with van der Waals surface area (Å²) < 4.78 is 15.1. The molecule has 3 aromatic rings. The van der Waals surface area contributed by atoms with E-state index in [1.54, 1.807) is 6.07 Å². The molecule has 3 N–H and O–H groups in total. The Labute approximate surface area is 545 Å². The van der Waals surface area contributed by atoms with Crippen molar-refractivity contribution in [2.75, 3.05) is 122 Å². The molecule has 4 aliphatic heterocycles. The van der Waals surface area contributed by atoms with Crippen LogP contribution in [0.2, 0.25) is 0 Å². The van der Waals surface area contributed by atoms with Gasteiger partial charge in [0.2, 0.25) is 0 Å². The normalized spacial score (nSPS) is 16.1. The Bertz CT molecular complexity index is 2020. The van der Waals surface area contributed by atoms with E-state index in [-0.39, 0.29) is 37.9 Å². The van der Waals surface area contributed by atoms with Crippen molar-refractivity contribution in [2.24, 2.45) is 58.7 Å². The van der Waals surface area contributed by atoms with Gasteiger partial charge in [0.05, 0.1) is 45.7 Å². The fourth-order valence-corrected chi connectivity index (χ4v) is 10.9. The lowest BCUT2D eigenvalue weighted by atomic mass is 9.79. The number of ether oxygens (including phenoxy) is 3. The Balaban J connectivity index is 0.00000103. The molecule has 3 aromatic carbocycles.